The van der Waals surface area contributed by atoms with E-state index in [1.807, 2.05) is 25.7 Å². The molecule has 2 aliphatic heterocycles. The van der Waals surface area contributed by atoms with Crippen molar-refractivity contribution in [1.82, 2.24) is 10.2 Å². The summed E-state index contributed by atoms with van der Waals surface area (Å²) in [5.74, 6) is 0. The van der Waals surface area contributed by atoms with Crippen LogP contribution < -0.4 is 5.32 Å². The summed E-state index contributed by atoms with van der Waals surface area (Å²) in [5, 5.41) is 3.36. The smallest absolute Gasteiger partial charge is 0.410 e. The highest BCUT2D eigenvalue weighted by Crippen LogP contribution is 2.29. The minimum Gasteiger partial charge on any atom is -0.444 e. The molecule has 0 aromatic heterocycles. The molecular formula is C13H24N2O3. The average Bonchev–Trinajstić information content (AvgIpc) is 2.28. The standard InChI is InChI=1S/C13H24N2O3/c1-12(2,3)18-11(16)15-7-8-17-10-13(15)5-4-6-14-9-13/h14H,4-10H2,1-3H3. The molecule has 2 heterocycles. The Balaban J connectivity index is 2.10. The van der Waals surface area contributed by atoms with Crippen LogP contribution in [0.1, 0.15) is 33.6 Å². The predicted molar refractivity (Wildman–Crippen MR) is 68.6 cm³/mol. The summed E-state index contributed by atoms with van der Waals surface area (Å²) in [6.45, 7) is 9.35. The number of nitrogens with one attached hydrogen (secondary N) is 1. The van der Waals surface area contributed by atoms with Crippen molar-refractivity contribution in [2.75, 3.05) is 32.8 Å². The van der Waals surface area contributed by atoms with Crippen LogP contribution in [-0.2, 0) is 9.47 Å². The van der Waals surface area contributed by atoms with Crippen LogP contribution >= 0.6 is 0 Å². The molecule has 5 nitrogen and oxygen atoms in total. The minimum absolute atomic E-state index is 0.209. The first kappa shape index (κ1) is 13.6. The fraction of sp³-hybridized carbons (Fsp3) is 0.923. The molecule has 1 spiro atoms. The lowest BCUT2D eigenvalue weighted by molar-refractivity contribution is -0.0825. The zero-order valence-corrected chi connectivity index (χ0v) is 11.6. The summed E-state index contributed by atoms with van der Waals surface area (Å²) in [6.07, 6.45) is 1.84. The fourth-order valence-electron chi connectivity index (χ4n) is 2.64. The van der Waals surface area contributed by atoms with Crippen LogP contribution in [0.3, 0.4) is 0 Å². The van der Waals surface area contributed by atoms with E-state index < -0.39 is 5.60 Å². The Kier molecular flexibility index (Phi) is 3.82. The summed E-state index contributed by atoms with van der Waals surface area (Å²) in [6, 6.07) is 0. The van der Waals surface area contributed by atoms with E-state index in [2.05, 4.69) is 5.32 Å². The maximum atomic E-state index is 12.3. The van der Waals surface area contributed by atoms with Gasteiger partial charge in [-0.3, -0.25) is 4.90 Å². The molecule has 5 heteroatoms. The fourth-order valence-corrected chi connectivity index (χ4v) is 2.64. The van der Waals surface area contributed by atoms with Gasteiger partial charge in [-0.15, -0.1) is 0 Å². The largest absolute Gasteiger partial charge is 0.444 e. The lowest BCUT2D eigenvalue weighted by Gasteiger charge is -2.48. The van der Waals surface area contributed by atoms with Gasteiger partial charge in [0.2, 0.25) is 0 Å². The SMILES string of the molecule is CC(C)(C)OC(=O)N1CCOCC12CCCNC2. The Hall–Kier alpha value is -0.810. The molecule has 1 unspecified atom stereocenters. The van der Waals surface area contributed by atoms with Gasteiger partial charge in [0.1, 0.15) is 5.60 Å². The topological polar surface area (TPSA) is 50.8 Å². The number of hydrogen-bond acceptors (Lipinski definition) is 4. The Morgan fingerprint density at radius 2 is 2.22 bits per heavy atom. The van der Waals surface area contributed by atoms with Crippen molar-refractivity contribution in [3.05, 3.63) is 0 Å². The predicted octanol–water partition coefficient (Wildman–Crippen LogP) is 1.38. The Labute approximate surface area is 109 Å². The molecule has 104 valence electrons. The van der Waals surface area contributed by atoms with Crippen LogP contribution in [0, 0.1) is 0 Å². The van der Waals surface area contributed by atoms with E-state index in [0.29, 0.717) is 19.8 Å². The number of nitrogens with zero attached hydrogens (tertiary/aromatic N) is 1. The summed E-state index contributed by atoms with van der Waals surface area (Å²) >= 11 is 0. The lowest BCUT2D eigenvalue weighted by atomic mass is 9.88. The van der Waals surface area contributed by atoms with E-state index in [9.17, 15) is 4.79 Å². The van der Waals surface area contributed by atoms with Gasteiger partial charge < -0.3 is 14.8 Å². The van der Waals surface area contributed by atoms with Gasteiger partial charge in [0.15, 0.2) is 0 Å². The first-order chi connectivity index (χ1) is 8.43. The summed E-state index contributed by atoms with van der Waals surface area (Å²) in [5.41, 5.74) is -0.655. The lowest BCUT2D eigenvalue weighted by Crippen LogP contribution is -2.65. The molecule has 18 heavy (non-hydrogen) atoms. The number of morpholine rings is 1. The maximum Gasteiger partial charge on any atom is 0.410 e. The average molecular weight is 256 g/mol. The molecule has 2 fully saturated rings. The van der Waals surface area contributed by atoms with E-state index >= 15 is 0 Å². The normalized spacial score (nSPS) is 29.4. The van der Waals surface area contributed by atoms with Gasteiger partial charge in [0.05, 0.1) is 18.8 Å². The highest BCUT2D eigenvalue weighted by molar-refractivity contribution is 5.69. The first-order valence-corrected chi connectivity index (χ1v) is 6.72. The van der Waals surface area contributed by atoms with Crippen molar-refractivity contribution in [2.45, 2.75) is 44.8 Å². The molecule has 1 amide bonds. The van der Waals surface area contributed by atoms with E-state index in [1.165, 1.54) is 0 Å². The molecule has 0 saturated carbocycles. The summed E-state index contributed by atoms with van der Waals surface area (Å²) in [7, 11) is 0. The molecule has 2 aliphatic rings. The maximum absolute atomic E-state index is 12.3. The van der Waals surface area contributed by atoms with Gasteiger partial charge in [-0.1, -0.05) is 0 Å². The molecule has 0 aromatic carbocycles. The Bertz CT molecular complexity index is 298. The van der Waals surface area contributed by atoms with E-state index in [-0.39, 0.29) is 11.6 Å². The second kappa shape index (κ2) is 5.05. The quantitative estimate of drug-likeness (QED) is 0.711. The van der Waals surface area contributed by atoms with Gasteiger partial charge in [0.25, 0.3) is 0 Å². The number of rotatable bonds is 0. The van der Waals surface area contributed by atoms with Gasteiger partial charge in [-0.25, -0.2) is 4.79 Å². The third kappa shape index (κ3) is 2.95. The van der Waals surface area contributed by atoms with Crippen LogP contribution in [0.5, 0.6) is 0 Å². The van der Waals surface area contributed by atoms with Crippen LogP contribution in [0.25, 0.3) is 0 Å². The number of hydrogen-bond donors (Lipinski definition) is 1. The van der Waals surface area contributed by atoms with Crippen molar-refractivity contribution in [1.29, 1.82) is 0 Å². The van der Waals surface area contributed by atoms with Crippen LogP contribution in [0.4, 0.5) is 4.79 Å². The molecule has 0 bridgehead atoms. The zero-order valence-electron chi connectivity index (χ0n) is 11.6. The monoisotopic (exact) mass is 256 g/mol. The van der Waals surface area contributed by atoms with Crippen molar-refractivity contribution >= 4 is 6.09 Å². The van der Waals surface area contributed by atoms with E-state index in [1.54, 1.807) is 0 Å². The summed E-state index contributed by atoms with van der Waals surface area (Å²) < 4.78 is 11.1. The zero-order chi connectivity index (χ0) is 13.2. The van der Waals surface area contributed by atoms with E-state index in [4.69, 9.17) is 9.47 Å². The minimum atomic E-state index is -0.446. The number of carbonyl (C=O) groups is 1. The van der Waals surface area contributed by atoms with Crippen LogP contribution in [0.2, 0.25) is 0 Å². The molecule has 2 saturated heterocycles. The first-order valence-electron chi connectivity index (χ1n) is 6.72. The second-order valence-electron chi connectivity index (χ2n) is 6.19. The van der Waals surface area contributed by atoms with Crippen LogP contribution in [-0.4, -0.2) is 55.0 Å². The molecular weight excluding hydrogens is 232 g/mol. The number of carbonyl (C=O) groups excluding carboxylic acids is 1. The van der Waals surface area contributed by atoms with Crippen molar-refractivity contribution in [2.24, 2.45) is 0 Å². The van der Waals surface area contributed by atoms with Crippen LogP contribution in [0.15, 0.2) is 0 Å². The molecule has 0 aromatic rings. The highest BCUT2D eigenvalue weighted by Gasteiger charge is 2.44. The Morgan fingerprint density at radius 1 is 1.44 bits per heavy atom. The van der Waals surface area contributed by atoms with E-state index in [0.717, 1.165) is 25.9 Å². The highest BCUT2D eigenvalue weighted by atomic mass is 16.6. The van der Waals surface area contributed by atoms with Crippen molar-refractivity contribution in [3.8, 4) is 0 Å². The molecule has 1 N–H and O–H groups in total. The third-order valence-electron chi connectivity index (χ3n) is 3.47. The molecule has 0 radical (unpaired) electrons. The van der Waals surface area contributed by atoms with Gasteiger partial charge >= 0.3 is 6.09 Å². The Morgan fingerprint density at radius 3 is 2.83 bits per heavy atom. The molecule has 2 rings (SSSR count). The molecule has 1 atom stereocenters. The van der Waals surface area contributed by atoms with Gasteiger partial charge in [-0.05, 0) is 40.2 Å². The van der Waals surface area contributed by atoms with Gasteiger partial charge in [0, 0.05) is 13.1 Å². The molecule has 0 aliphatic carbocycles. The van der Waals surface area contributed by atoms with Gasteiger partial charge in [-0.2, -0.15) is 0 Å². The number of amides is 1. The number of ether oxygens (including phenoxy) is 2. The second-order valence-corrected chi connectivity index (χ2v) is 6.19. The summed E-state index contributed by atoms with van der Waals surface area (Å²) in [4.78, 5) is 14.2. The number of piperidine rings is 1. The third-order valence-corrected chi connectivity index (χ3v) is 3.47. The van der Waals surface area contributed by atoms with Crippen molar-refractivity contribution in [3.63, 3.8) is 0 Å². The van der Waals surface area contributed by atoms with Crippen molar-refractivity contribution < 1.29 is 14.3 Å².